The van der Waals surface area contributed by atoms with Crippen LogP contribution < -0.4 is 11.1 Å². The molecule has 18 heavy (non-hydrogen) atoms. The zero-order chi connectivity index (χ0) is 13.8. The molecule has 0 aliphatic carbocycles. The van der Waals surface area contributed by atoms with Crippen LogP contribution in [0.3, 0.4) is 0 Å². The molecule has 4 N–H and O–H groups in total. The van der Waals surface area contributed by atoms with E-state index in [-0.39, 0.29) is 11.7 Å². The van der Waals surface area contributed by atoms with Gasteiger partial charge < -0.3 is 16.3 Å². The molecule has 0 fully saturated rings. The second-order valence-corrected chi connectivity index (χ2v) is 5.11. The van der Waals surface area contributed by atoms with Crippen LogP contribution in [-0.4, -0.2) is 28.7 Å². The van der Waals surface area contributed by atoms with E-state index in [4.69, 9.17) is 10.9 Å². The predicted molar refractivity (Wildman–Crippen MR) is 73.2 cm³/mol. The molecule has 0 aliphatic heterocycles. The Bertz CT molecular complexity index is 472. The molecule has 0 saturated carbocycles. The Kier molecular flexibility index (Phi) is 4.61. The summed E-state index contributed by atoms with van der Waals surface area (Å²) in [4.78, 5) is 13.0. The molecule has 0 saturated heterocycles. The fourth-order valence-electron chi connectivity index (χ4n) is 1.37. The second-order valence-electron chi connectivity index (χ2n) is 4.26. The van der Waals surface area contributed by atoms with E-state index >= 15 is 0 Å². The number of thioether (sulfide) groups is 1. The molecule has 1 aromatic rings. The molecule has 0 aromatic heterocycles. The highest BCUT2D eigenvalue weighted by Gasteiger charge is 2.26. The molecular weight excluding hydrogens is 250 g/mol. The van der Waals surface area contributed by atoms with E-state index in [9.17, 15) is 4.79 Å². The predicted octanol–water partition coefficient (Wildman–Crippen LogP) is 1.66. The highest BCUT2D eigenvalue weighted by molar-refractivity contribution is 7.98. The Morgan fingerprint density at radius 1 is 1.44 bits per heavy atom. The maximum absolute atomic E-state index is 12.1. The SMILES string of the molecule is CSc1ccccc1C(=O)NC(C)(C)C(N)=NO. The van der Waals surface area contributed by atoms with Gasteiger partial charge in [0.1, 0.15) is 0 Å². The number of hydrogen-bond donors (Lipinski definition) is 3. The summed E-state index contributed by atoms with van der Waals surface area (Å²) in [6.07, 6.45) is 1.90. The van der Waals surface area contributed by atoms with E-state index in [1.807, 2.05) is 18.4 Å². The van der Waals surface area contributed by atoms with E-state index in [2.05, 4.69) is 10.5 Å². The first-order valence-electron chi connectivity index (χ1n) is 5.36. The largest absolute Gasteiger partial charge is 0.409 e. The van der Waals surface area contributed by atoms with Crippen LogP contribution >= 0.6 is 11.8 Å². The van der Waals surface area contributed by atoms with E-state index < -0.39 is 5.54 Å². The number of benzene rings is 1. The van der Waals surface area contributed by atoms with Gasteiger partial charge in [-0.05, 0) is 32.2 Å². The van der Waals surface area contributed by atoms with E-state index in [0.29, 0.717) is 5.56 Å². The van der Waals surface area contributed by atoms with Crippen molar-refractivity contribution in [2.45, 2.75) is 24.3 Å². The lowest BCUT2D eigenvalue weighted by Crippen LogP contribution is -2.53. The maximum Gasteiger partial charge on any atom is 0.253 e. The quantitative estimate of drug-likeness (QED) is 0.254. The van der Waals surface area contributed by atoms with Crippen molar-refractivity contribution in [2.75, 3.05) is 6.26 Å². The van der Waals surface area contributed by atoms with Crippen LogP contribution in [0.15, 0.2) is 34.3 Å². The van der Waals surface area contributed by atoms with Crippen LogP contribution in [0.2, 0.25) is 0 Å². The van der Waals surface area contributed by atoms with Gasteiger partial charge in [-0.15, -0.1) is 11.8 Å². The summed E-state index contributed by atoms with van der Waals surface area (Å²) in [6.45, 7) is 3.34. The second kappa shape index (κ2) is 5.77. The zero-order valence-electron chi connectivity index (χ0n) is 10.6. The Hall–Kier alpha value is -1.69. The van der Waals surface area contributed by atoms with Gasteiger partial charge in [0.2, 0.25) is 0 Å². The third-order valence-electron chi connectivity index (χ3n) is 2.53. The monoisotopic (exact) mass is 267 g/mol. The van der Waals surface area contributed by atoms with Gasteiger partial charge in [0.15, 0.2) is 5.84 Å². The number of hydrogen-bond acceptors (Lipinski definition) is 4. The number of amidine groups is 1. The van der Waals surface area contributed by atoms with Crippen LogP contribution in [0, 0.1) is 0 Å². The zero-order valence-corrected chi connectivity index (χ0v) is 11.4. The number of nitrogens with one attached hydrogen (secondary N) is 1. The van der Waals surface area contributed by atoms with Gasteiger partial charge in [0.25, 0.3) is 5.91 Å². The number of nitrogens with zero attached hydrogens (tertiary/aromatic N) is 1. The van der Waals surface area contributed by atoms with E-state index in [0.717, 1.165) is 4.90 Å². The molecule has 0 atom stereocenters. The summed E-state index contributed by atoms with van der Waals surface area (Å²) in [6, 6.07) is 7.28. The lowest BCUT2D eigenvalue weighted by molar-refractivity contribution is 0.0928. The van der Waals surface area contributed by atoms with Crippen molar-refractivity contribution in [3.8, 4) is 0 Å². The first-order valence-corrected chi connectivity index (χ1v) is 6.58. The molecular formula is C12H17N3O2S. The number of amides is 1. The topological polar surface area (TPSA) is 87.7 Å². The third kappa shape index (κ3) is 3.16. The lowest BCUT2D eigenvalue weighted by atomic mass is 10.0. The maximum atomic E-state index is 12.1. The summed E-state index contributed by atoms with van der Waals surface area (Å²) in [5, 5.41) is 14.3. The lowest BCUT2D eigenvalue weighted by Gasteiger charge is -2.24. The van der Waals surface area contributed by atoms with E-state index in [1.165, 1.54) is 11.8 Å². The molecule has 0 unspecified atom stereocenters. The molecule has 1 amide bonds. The van der Waals surface area contributed by atoms with E-state index in [1.54, 1.807) is 26.0 Å². The van der Waals surface area contributed by atoms with Crippen molar-refractivity contribution in [1.82, 2.24) is 5.32 Å². The van der Waals surface area contributed by atoms with Crippen LogP contribution in [-0.2, 0) is 0 Å². The van der Waals surface area contributed by atoms with Crippen LogP contribution in [0.1, 0.15) is 24.2 Å². The average Bonchev–Trinajstić information content (AvgIpc) is 2.36. The number of carbonyl (C=O) groups is 1. The molecule has 0 bridgehead atoms. The molecule has 0 aliphatic rings. The number of nitrogens with two attached hydrogens (primary N) is 1. The summed E-state index contributed by atoms with van der Waals surface area (Å²) in [5.74, 6) is -0.297. The Morgan fingerprint density at radius 2 is 2.06 bits per heavy atom. The van der Waals surface area contributed by atoms with Crippen LogP contribution in [0.4, 0.5) is 0 Å². The third-order valence-corrected chi connectivity index (χ3v) is 3.32. The Labute approximate surface area is 110 Å². The molecule has 98 valence electrons. The standard InChI is InChI=1S/C12H17N3O2S/c1-12(2,11(13)15-17)14-10(16)8-6-4-5-7-9(8)18-3/h4-7,17H,1-3H3,(H2,13,15)(H,14,16). The van der Waals surface area contributed by atoms with Crippen molar-refractivity contribution < 1.29 is 10.0 Å². The summed E-state index contributed by atoms with van der Waals surface area (Å²) in [7, 11) is 0. The minimum absolute atomic E-state index is 0.0440. The fourth-order valence-corrected chi connectivity index (χ4v) is 1.97. The van der Waals surface area contributed by atoms with Gasteiger partial charge in [-0.2, -0.15) is 0 Å². The molecule has 5 nitrogen and oxygen atoms in total. The molecule has 0 spiro atoms. The van der Waals surface area contributed by atoms with Crippen molar-refractivity contribution in [3.05, 3.63) is 29.8 Å². The van der Waals surface area contributed by atoms with Gasteiger partial charge in [-0.25, -0.2) is 0 Å². The van der Waals surface area contributed by atoms with Gasteiger partial charge >= 0.3 is 0 Å². The summed E-state index contributed by atoms with van der Waals surface area (Å²) < 4.78 is 0. The molecule has 0 radical (unpaired) electrons. The highest BCUT2D eigenvalue weighted by Crippen LogP contribution is 2.20. The average molecular weight is 267 g/mol. The Morgan fingerprint density at radius 3 is 2.61 bits per heavy atom. The van der Waals surface area contributed by atoms with Gasteiger partial charge in [0, 0.05) is 4.90 Å². The first-order chi connectivity index (χ1) is 8.42. The summed E-state index contributed by atoms with van der Waals surface area (Å²) >= 11 is 1.49. The molecule has 0 heterocycles. The van der Waals surface area contributed by atoms with Crippen molar-refractivity contribution in [3.63, 3.8) is 0 Å². The van der Waals surface area contributed by atoms with Crippen molar-refractivity contribution >= 4 is 23.5 Å². The number of rotatable bonds is 4. The summed E-state index contributed by atoms with van der Waals surface area (Å²) in [5.41, 5.74) is 5.20. The number of oxime groups is 1. The minimum atomic E-state index is -0.905. The van der Waals surface area contributed by atoms with Gasteiger partial charge in [0.05, 0.1) is 11.1 Å². The fraction of sp³-hybridized carbons (Fsp3) is 0.333. The molecule has 1 aromatic carbocycles. The van der Waals surface area contributed by atoms with Gasteiger partial charge in [-0.1, -0.05) is 17.3 Å². The minimum Gasteiger partial charge on any atom is -0.409 e. The highest BCUT2D eigenvalue weighted by atomic mass is 32.2. The van der Waals surface area contributed by atoms with Crippen LogP contribution in [0.5, 0.6) is 0 Å². The molecule has 1 rings (SSSR count). The van der Waals surface area contributed by atoms with Crippen LogP contribution in [0.25, 0.3) is 0 Å². The van der Waals surface area contributed by atoms with Gasteiger partial charge in [-0.3, -0.25) is 4.79 Å². The molecule has 6 heteroatoms. The van der Waals surface area contributed by atoms with Crippen molar-refractivity contribution in [1.29, 1.82) is 0 Å². The first kappa shape index (κ1) is 14.4. The number of carbonyl (C=O) groups excluding carboxylic acids is 1. The van der Waals surface area contributed by atoms with Crippen molar-refractivity contribution in [2.24, 2.45) is 10.9 Å². The Balaban J connectivity index is 2.96. The smallest absolute Gasteiger partial charge is 0.253 e. The normalized spacial score (nSPS) is 12.3.